The number of methoxy groups -OCH3 is 1. The number of esters is 1. The molecule has 0 spiro atoms. The molecule has 1 aromatic heterocycles. The van der Waals surface area contributed by atoms with Crippen LogP contribution in [0.2, 0.25) is 0 Å². The largest absolute Gasteiger partial charge is 0.465 e. The van der Waals surface area contributed by atoms with Crippen LogP contribution in [0, 0.1) is 0 Å². The van der Waals surface area contributed by atoms with Crippen molar-refractivity contribution in [1.29, 1.82) is 0 Å². The number of ether oxygens (including phenoxy) is 1. The van der Waals surface area contributed by atoms with Gasteiger partial charge in [0, 0.05) is 25.0 Å². The fraction of sp³-hybridized carbons (Fsp3) is 0.312. The molecule has 6 nitrogen and oxygen atoms in total. The van der Waals surface area contributed by atoms with Gasteiger partial charge in [0.05, 0.1) is 12.7 Å². The maximum Gasteiger partial charge on any atom is 0.337 e. The second kappa shape index (κ2) is 7.40. The number of hydrogen-bond acceptors (Lipinski definition) is 6. The number of nitrogens with zero attached hydrogens (tertiary/aromatic N) is 3. The molecule has 0 bridgehead atoms. The van der Waals surface area contributed by atoms with Crippen molar-refractivity contribution in [2.24, 2.45) is 0 Å². The van der Waals surface area contributed by atoms with E-state index in [9.17, 15) is 4.79 Å². The van der Waals surface area contributed by atoms with Crippen LogP contribution in [-0.4, -0.2) is 36.1 Å². The average molecular weight is 300 g/mol. The zero-order chi connectivity index (χ0) is 15.9. The van der Waals surface area contributed by atoms with E-state index >= 15 is 0 Å². The lowest BCUT2D eigenvalue weighted by molar-refractivity contribution is 0.0601. The Morgan fingerprint density at radius 2 is 2.05 bits per heavy atom. The van der Waals surface area contributed by atoms with Gasteiger partial charge >= 0.3 is 5.97 Å². The molecule has 1 aromatic carbocycles. The zero-order valence-electron chi connectivity index (χ0n) is 13.0. The first kappa shape index (κ1) is 15.8. The van der Waals surface area contributed by atoms with Crippen LogP contribution in [0.25, 0.3) is 0 Å². The van der Waals surface area contributed by atoms with E-state index in [1.54, 1.807) is 30.5 Å². The fourth-order valence-corrected chi connectivity index (χ4v) is 2.07. The molecule has 0 unspecified atom stereocenters. The Labute approximate surface area is 130 Å². The summed E-state index contributed by atoms with van der Waals surface area (Å²) in [6.45, 7) is 5.81. The van der Waals surface area contributed by atoms with E-state index in [2.05, 4.69) is 34.0 Å². The van der Waals surface area contributed by atoms with Crippen LogP contribution < -0.4 is 10.2 Å². The summed E-state index contributed by atoms with van der Waals surface area (Å²) in [5.74, 6) is 0.994. The summed E-state index contributed by atoms with van der Waals surface area (Å²) in [6, 6.07) is 8.88. The van der Waals surface area contributed by atoms with Crippen molar-refractivity contribution in [3.05, 3.63) is 42.1 Å². The van der Waals surface area contributed by atoms with Crippen molar-refractivity contribution >= 4 is 23.4 Å². The highest BCUT2D eigenvalue weighted by atomic mass is 16.5. The summed E-state index contributed by atoms with van der Waals surface area (Å²) >= 11 is 0. The molecule has 0 saturated heterocycles. The molecule has 0 saturated carbocycles. The van der Waals surface area contributed by atoms with Gasteiger partial charge in [0.15, 0.2) is 0 Å². The summed E-state index contributed by atoms with van der Waals surface area (Å²) in [5, 5.41) is 3.18. The molecule has 22 heavy (non-hydrogen) atoms. The van der Waals surface area contributed by atoms with Crippen LogP contribution in [0.3, 0.4) is 0 Å². The molecular formula is C16H20N4O2. The average Bonchev–Trinajstić information content (AvgIpc) is 2.56. The molecule has 0 atom stereocenters. The predicted molar refractivity (Wildman–Crippen MR) is 86.7 cm³/mol. The summed E-state index contributed by atoms with van der Waals surface area (Å²) in [6.07, 6.45) is 1.72. The van der Waals surface area contributed by atoms with E-state index in [0.29, 0.717) is 17.3 Å². The van der Waals surface area contributed by atoms with Crippen molar-refractivity contribution < 1.29 is 9.53 Å². The van der Waals surface area contributed by atoms with E-state index in [1.807, 2.05) is 6.07 Å². The van der Waals surface area contributed by atoms with Crippen molar-refractivity contribution in [3.63, 3.8) is 0 Å². The summed E-state index contributed by atoms with van der Waals surface area (Å²) in [7, 11) is 1.36. The van der Waals surface area contributed by atoms with E-state index in [4.69, 9.17) is 4.74 Å². The number of carbonyl (C=O) groups excluding carboxylic acids is 1. The van der Waals surface area contributed by atoms with E-state index in [1.165, 1.54) is 7.11 Å². The third-order valence-corrected chi connectivity index (χ3v) is 3.25. The standard InChI is InChI=1S/C16H20N4O2/c1-4-20(5-2)16-17-10-9-14(19-16)18-13-8-6-7-12(11-13)15(21)22-3/h6-11H,4-5H2,1-3H3,(H,17,18,19). The molecule has 2 rings (SSSR count). The van der Waals surface area contributed by atoms with Crippen LogP contribution in [0.1, 0.15) is 24.2 Å². The van der Waals surface area contributed by atoms with Crippen LogP contribution in [0.15, 0.2) is 36.5 Å². The SMILES string of the molecule is CCN(CC)c1nccc(Nc2cccc(C(=O)OC)c2)n1. The van der Waals surface area contributed by atoms with Gasteiger partial charge in [0.1, 0.15) is 5.82 Å². The Bertz CT molecular complexity index is 642. The second-order valence-corrected chi connectivity index (χ2v) is 4.61. The normalized spacial score (nSPS) is 10.1. The number of rotatable bonds is 6. The highest BCUT2D eigenvalue weighted by molar-refractivity contribution is 5.90. The Kier molecular flexibility index (Phi) is 5.30. The minimum Gasteiger partial charge on any atom is -0.465 e. The fourth-order valence-electron chi connectivity index (χ4n) is 2.07. The predicted octanol–water partition coefficient (Wildman–Crippen LogP) is 2.85. The molecule has 1 N–H and O–H groups in total. The lowest BCUT2D eigenvalue weighted by atomic mass is 10.2. The van der Waals surface area contributed by atoms with E-state index in [0.717, 1.165) is 18.8 Å². The van der Waals surface area contributed by atoms with Gasteiger partial charge in [0.2, 0.25) is 5.95 Å². The number of anilines is 3. The quantitative estimate of drug-likeness (QED) is 0.827. The number of carbonyl (C=O) groups is 1. The molecule has 0 aliphatic rings. The molecule has 1 heterocycles. The first-order valence-electron chi connectivity index (χ1n) is 7.21. The van der Waals surface area contributed by atoms with Gasteiger partial charge in [-0.05, 0) is 38.1 Å². The smallest absolute Gasteiger partial charge is 0.337 e. The molecular weight excluding hydrogens is 280 g/mol. The minimum absolute atomic E-state index is 0.366. The van der Waals surface area contributed by atoms with Gasteiger partial charge in [-0.3, -0.25) is 0 Å². The third-order valence-electron chi connectivity index (χ3n) is 3.25. The molecule has 0 aliphatic heterocycles. The minimum atomic E-state index is -0.366. The van der Waals surface area contributed by atoms with Crippen molar-refractivity contribution in [3.8, 4) is 0 Å². The van der Waals surface area contributed by atoms with Crippen molar-refractivity contribution in [2.75, 3.05) is 30.4 Å². The summed E-state index contributed by atoms with van der Waals surface area (Å²) in [5.41, 5.74) is 1.26. The van der Waals surface area contributed by atoms with Crippen LogP contribution in [-0.2, 0) is 4.74 Å². The van der Waals surface area contributed by atoms with Gasteiger partial charge in [-0.2, -0.15) is 4.98 Å². The second-order valence-electron chi connectivity index (χ2n) is 4.61. The Hall–Kier alpha value is -2.63. The van der Waals surface area contributed by atoms with E-state index in [-0.39, 0.29) is 5.97 Å². The zero-order valence-corrected chi connectivity index (χ0v) is 13.0. The van der Waals surface area contributed by atoms with Crippen molar-refractivity contribution in [1.82, 2.24) is 9.97 Å². The molecule has 6 heteroatoms. The summed E-state index contributed by atoms with van der Waals surface area (Å²) in [4.78, 5) is 22.4. The van der Waals surface area contributed by atoms with Gasteiger partial charge in [-0.25, -0.2) is 9.78 Å². The van der Waals surface area contributed by atoms with Crippen LogP contribution in [0.5, 0.6) is 0 Å². The monoisotopic (exact) mass is 300 g/mol. The molecule has 0 radical (unpaired) electrons. The number of hydrogen-bond donors (Lipinski definition) is 1. The highest BCUT2D eigenvalue weighted by Gasteiger charge is 2.08. The Morgan fingerprint density at radius 1 is 1.27 bits per heavy atom. The Morgan fingerprint density at radius 3 is 2.73 bits per heavy atom. The maximum absolute atomic E-state index is 11.6. The lowest BCUT2D eigenvalue weighted by Crippen LogP contribution is -2.24. The first-order valence-corrected chi connectivity index (χ1v) is 7.21. The van der Waals surface area contributed by atoms with E-state index < -0.39 is 0 Å². The van der Waals surface area contributed by atoms with Gasteiger partial charge < -0.3 is 15.0 Å². The summed E-state index contributed by atoms with van der Waals surface area (Å²) < 4.78 is 4.72. The van der Waals surface area contributed by atoms with Gasteiger partial charge in [-0.15, -0.1) is 0 Å². The van der Waals surface area contributed by atoms with Crippen LogP contribution >= 0.6 is 0 Å². The van der Waals surface area contributed by atoms with Crippen LogP contribution in [0.4, 0.5) is 17.5 Å². The number of aromatic nitrogens is 2. The number of benzene rings is 1. The molecule has 0 aliphatic carbocycles. The molecule has 0 amide bonds. The lowest BCUT2D eigenvalue weighted by Gasteiger charge is -2.18. The molecule has 0 fully saturated rings. The Balaban J connectivity index is 2.20. The third kappa shape index (κ3) is 3.72. The van der Waals surface area contributed by atoms with Gasteiger partial charge in [0.25, 0.3) is 0 Å². The number of nitrogens with one attached hydrogen (secondary N) is 1. The molecule has 2 aromatic rings. The topological polar surface area (TPSA) is 67.4 Å². The maximum atomic E-state index is 11.6. The highest BCUT2D eigenvalue weighted by Crippen LogP contribution is 2.18. The van der Waals surface area contributed by atoms with Crippen molar-refractivity contribution in [2.45, 2.75) is 13.8 Å². The first-order chi connectivity index (χ1) is 10.7. The van der Waals surface area contributed by atoms with Gasteiger partial charge in [-0.1, -0.05) is 6.07 Å². The molecule has 116 valence electrons.